The standard InChI is InChI=1S/C37H47ClN4O5S.C35H45ClN2O4S/c1-24-7-5-16-37(46-4,35-39-17-18-41(35)3)31-12-9-28(31)21-42-22-36(15-6-8-26-19-29(38)11-13-30(26)36)23-47-33-14-10-27(20-32(33)42)34(43)40-48(44,45)25(24)2;1-23-6-4-15-35(16-17-42-35)30-11-8-27(30)20-38-21-34(14-5-7-25-18-28(36)10-12-29(25)34)22-41-32-13-9-26(19-31(32)38)33(39)37-43(3,40)24(23)2/h10-11,13-14,17-20,24-25,28,31H,5-9,12,15-16,21-23H2,1-4H3,(H,40,43);9-10,12-13,18-19,23-24,27,30H,3-8,11,14-17,20-22H2,1-2H3,(H,37,39,40)/t24-,25+,28-,31+,36-,37-;23-,24+,27-,30+,34-,35-,43?/m00/s1. The third-order valence-corrected chi connectivity index (χ3v) is 28.3. The molecule has 19 heteroatoms. The van der Waals surface area contributed by atoms with E-state index in [2.05, 4.69) is 60.9 Å². The van der Waals surface area contributed by atoms with Crippen LogP contribution in [-0.4, -0.2) is 109 Å². The number of hydrogen-bond acceptors (Lipinski definition) is 12. The van der Waals surface area contributed by atoms with E-state index in [0.717, 1.165) is 149 Å². The maximum absolute atomic E-state index is 13.7. The van der Waals surface area contributed by atoms with Gasteiger partial charge in [0.05, 0.1) is 51.8 Å². The number of carbonyl (C=O) groups excluding carboxylic acids is 2. The lowest BCUT2D eigenvalue weighted by Crippen LogP contribution is -2.58. The van der Waals surface area contributed by atoms with Crippen molar-refractivity contribution in [3.8, 4) is 11.5 Å². The molecule has 5 aromatic rings. The minimum absolute atomic E-state index is 0.0397. The zero-order valence-electron chi connectivity index (χ0n) is 53.9. The summed E-state index contributed by atoms with van der Waals surface area (Å²) < 4.78 is 74.4. The number of rotatable bonds is 2. The Morgan fingerprint density at radius 1 is 0.637 bits per heavy atom. The van der Waals surface area contributed by atoms with Crippen LogP contribution in [0.2, 0.25) is 10.0 Å². The topological polar surface area (TPSA) is 171 Å². The van der Waals surface area contributed by atoms with Crippen molar-refractivity contribution >= 4 is 72.0 Å². The minimum Gasteiger partial charge on any atom is -0.490 e. The number of benzene rings is 4. The van der Waals surface area contributed by atoms with Crippen molar-refractivity contribution in [2.75, 3.05) is 62.9 Å². The molecular formula is C72H92Cl2N6O9S2. The number of aromatic nitrogens is 2. The highest BCUT2D eigenvalue weighted by Crippen LogP contribution is 2.55. The quantitative estimate of drug-likeness (QED) is 0.161. The number of anilines is 2. The lowest BCUT2D eigenvalue weighted by molar-refractivity contribution is -0.215. The number of ether oxygens (including phenoxy) is 4. The molecule has 4 aliphatic carbocycles. The summed E-state index contributed by atoms with van der Waals surface area (Å²) in [6.07, 6.45) is 20.7. The smallest absolute Gasteiger partial charge is 0.264 e. The second kappa shape index (κ2) is 25.1. The van der Waals surface area contributed by atoms with E-state index < -0.39 is 36.5 Å². The van der Waals surface area contributed by atoms with Crippen molar-refractivity contribution < 1.29 is 41.2 Å². The zero-order chi connectivity index (χ0) is 63.8. The van der Waals surface area contributed by atoms with E-state index in [-0.39, 0.29) is 45.3 Å². The molecule has 14 rings (SSSR count). The Morgan fingerprint density at radius 2 is 1.16 bits per heavy atom. The lowest BCUT2D eigenvalue weighted by Gasteiger charge is -2.56. The monoisotopic (exact) mass is 1320 g/mol. The van der Waals surface area contributed by atoms with Crippen molar-refractivity contribution in [1.29, 1.82) is 0 Å². The van der Waals surface area contributed by atoms with Crippen LogP contribution in [0.5, 0.6) is 11.5 Å². The average molecular weight is 1320 g/mol. The van der Waals surface area contributed by atoms with Gasteiger partial charge in [0.15, 0.2) is 0 Å². The number of fused-ring (bicyclic) bond motifs is 9. The maximum Gasteiger partial charge on any atom is 0.264 e. The molecule has 1 unspecified atom stereocenters. The molecule has 4 bridgehead atoms. The van der Waals surface area contributed by atoms with Gasteiger partial charge in [0.1, 0.15) is 22.9 Å². The predicted molar refractivity (Wildman–Crippen MR) is 362 cm³/mol. The summed E-state index contributed by atoms with van der Waals surface area (Å²) in [6.45, 7) is 12.8. The number of halogens is 2. The lowest BCUT2D eigenvalue weighted by atomic mass is 9.60. The average Bonchev–Trinajstić information content (AvgIpc) is 1.76. The molecule has 6 heterocycles. The van der Waals surface area contributed by atoms with Crippen LogP contribution < -0.4 is 28.7 Å². The number of hydrogen-bond donors (Lipinski definition) is 2. The molecule has 91 heavy (non-hydrogen) atoms. The van der Waals surface area contributed by atoms with Gasteiger partial charge in [-0.1, -0.05) is 55.6 Å². The summed E-state index contributed by atoms with van der Waals surface area (Å²) in [5.41, 5.74) is 6.65. The van der Waals surface area contributed by atoms with Crippen LogP contribution in [0.3, 0.4) is 0 Å². The SMILES string of the molecule is C=S1(=O)NC(=O)c2ccc3c(c2)N(C[C@@H]2CC[C@H]2[C@]2(CCC[C@H](C)[C@H]1C)CCO2)C[C@@]1(CCCc2cc(Cl)ccc21)CO3.CO[C@@]1(c2nccn2C)CCC[C@H](C)[C@@H](C)S(=O)(=O)NC(=O)c2ccc3c(c2)N(C[C@@H]2CC[C@H]21)C[C@@]1(CCCc2cc(Cl)ccc21)CO3. The molecule has 3 spiro atoms. The van der Waals surface area contributed by atoms with Gasteiger partial charge in [-0.2, -0.15) is 0 Å². The summed E-state index contributed by atoms with van der Waals surface area (Å²) in [5.74, 6) is 7.07. The highest BCUT2D eigenvalue weighted by atomic mass is 35.5. The first-order valence-electron chi connectivity index (χ1n) is 33.6. The van der Waals surface area contributed by atoms with E-state index in [4.69, 9.17) is 47.1 Å². The zero-order valence-corrected chi connectivity index (χ0v) is 57.1. The number of imidazole rings is 1. The Labute approximate surface area is 549 Å². The van der Waals surface area contributed by atoms with Crippen molar-refractivity contribution in [3.63, 3.8) is 0 Å². The van der Waals surface area contributed by atoms with Gasteiger partial charge in [-0.05, 0) is 234 Å². The molecule has 0 radical (unpaired) electrons. The number of aryl methyl sites for hydroxylation is 3. The first kappa shape index (κ1) is 64.4. The number of carbonyl (C=O) groups is 2. The number of nitrogens with one attached hydrogen (secondary N) is 2. The molecular weight excluding hydrogens is 1230 g/mol. The summed E-state index contributed by atoms with van der Waals surface area (Å²) in [4.78, 5) is 36.9. The molecule has 15 nitrogen and oxygen atoms in total. The van der Waals surface area contributed by atoms with Gasteiger partial charge < -0.3 is 33.3 Å². The molecule has 9 aliphatic rings. The van der Waals surface area contributed by atoms with Crippen molar-refractivity contribution in [3.05, 3.63) is 134 Å². The Bertz CT molecular complexity index is 3820. The Balaban J connectivity index is 0.000000167. The highest BCUT2D eigenvalue weighted by Gasteiger charge is 2.55. The molecule has 490 valence electrons. The second-order valence-corrected chi connectivity index (χ2v) is 34.2. The molecule has 2 N–H and O–H groups in total. The normalized spacial score (nSPS) is 34.6. The fourth-order valence-electron chi connectivity index (χ4n) is 17.7. The van der Waals surface area contributed by atoms with Gasteiger partial charge in [-0.25, -0.2) is 22.3 Å². The largest absolute Gasteiger partial charge is 0.490 e. The van der Waals surface area contributed by atoms with Gasteiger partial charge in [-0.3, -0.25) is 14.3 Å². The first-order valence-corrected chi connectivity index (χ1v) is 37.7. The summed E-state index contributed by atoms with van der Waals surface area (Å²) in [6, 6.07) is 23.6. The van der Waals surface area contributed by atoms with E-state index in [1.807, 2.05) is 69.7 Å². The van der Waals surface area contributed by atoms with E-state index in [1.165, 1.54) is 35.1 Å². The number of sulfonamides is 1. The van der Waals surface area contributed by atoms with E-state index in [1.54, 1.807) is 26.2 Å². The molecule has 1 saturated heterocycles. The van der Waals surface area contributed by atoms with Crippen LogP contribution in [0.1, 0.15) is 173 Å². The highest BCUT2D eigenvalue weighted by molar-refractivity contribution is 7.99. The van der Waals surface area contributed by atoms with Gasteiger partial charge in [-0.15, -0.1) is 0 Å². The maximum atomic E-state index is 13.7. The van der Waals surface area contributed by atoms with Crippen LogP contribution in [-0.2, 0) is 65.5 Å². The summed E-state index contributed by atoms with van der Waals surface area (Å²) in [5, 5.41) is 0.532. The number of amides is 2. The molecule has 1 aromatic heterocycles. The van der Waals surface area contributed by atoms with Crippen LogP contribution in [0.25, 0.3) is 0 Å². The van der Waals surface area contributed by atoms with E-state index in [0.29, 0.717) is 60.8 Å². The van der Waals surface area contributed by atoms with Gasteiger partial charge in [0.2, 0.25) is 10.0 Å². The third kappa shape index (κ3) is 12.0. The Kier molecular flexibility index (Phi) is 17.8. The van der Waals surface area contributed by atoms with Crippen molar-refractivity contribution in [1.82, 2.24) is 19.0 Å². The third-order valence-electron chi connectivity index (χ3n) is 23.8. The van der Waals surface area contributed by atoms with Gasteiger partial charge >= 0.3 is 0 Å². The Hall–Kier alpha value is -5.30. The van der Waals surface area contributed by atoms with Crippen LogP contribution in [0.4, 0.5) is 11.4 Å². The van der Waals surface area contributed by atoms with Gasteiger partial charge in [0, 0.05) is 96.4 Å². The fourth-order valence-corrected chi connectivity index (χ4v) is 20.9. The summed E-state index contributed by atoms with van der Waals surface area (Å²) >= 11 is 12.9. The van der Waals surface area contributed by atoms with Crippen LogP contribution >= 0.6 is 23.2 Å². The van der Waals surface area contributed by atoms with Crippen LogP contribution in [0, 0.1) is 35.5 Å². The van der Waals surface area contributed by atoms with Crippen LogP contribution in [0.15, 0.2) is 85.2 Å². The predicted octanol–water partition coefficient (Wildman–Crippen LogP) is 13.0. The molecule has 2 amide bonds. The summed E-state index contributed by atoms with van der Waals surface area (Å²) in [7, 11) is -2.96. The first-order chi connectivity index (χ1) is 43.6. The van der Waals surface area contributed by atoms with E-state index in [9.17, 15) is 22.2 Å². The number of methoxy groups -OCH3 is 1. The minimum atomic E-state index is -3.93. The number of nitrogens with zero attached hydrogens (tertiary/aromatic N) is 4. The molecule has 5 aliphatic heterocycles. The fraction of sp³-hybridized carbons (Fsp3) is 0.583. The van der Waals surface area contributed by atoms with Gasteiger partial charge in [0.25, 0.3) is 11.8 Å². The van der Waals surface area contributed by atoms with Crippen molar-refractivity contribution in [2.45, 2.75) is 169 Å². The second-order valence-electron chi connectivity index (χ2n) is 28.9. The van der Waals surface area contributed by atoms with E-state index >= 15 is 0 Å². The molecule has 4 aromatic carbocycles. The van der Waals surface area contributed by atoms with Crippen molar-refractivity contribution in [2.24, 2.45) is 42.6 Å². The Morgan fingerprint density at radius 3 is 1.66 bits per heavy atom. The molecule has 2 saturated carbocycles. The molecule has 3 fully saturated rings. The molecule has 13 atom stereocenters.